The van der Waals surface area contributed by atoms with Gasteiger partial charge in [-0.15, -0.1) is 0 Å². The van der Waals surface area contributed by atoms with Crippen LogP contribution in [0.3, 0.4) is 0 Å². The Morgan fingerprint density at radius 2 is 2.05 bits per heavy atom. The van der Waals surface area contributed by atoms with E-state index in [1.807, 2.05) is 25.1 Å². The van der Waals surface area contributed by atoms with Crippen molar-refractivity contribution in [3.05, 3.63) is 23.8 Å². The van der Waals surface area contributed by atoms with E-state index < -0.39 is 0 Å². The lowest BCUT2D eigenvalue weighted by molar-refractivity contribution is -0.121. The van der Waals surface area contributed by atoms with Crippen LogP contribution in [0.15, 0.2) is 23.3 Å². The van der Waals surface area contributed by atoms with E-state index in [4.69, 9.17) is 9.47 Å². The van der Waals surface area contributed by atoms with Gasteiger partial charge in [-0.2, -0.15) is 5.10 Å². The number of fused-ring (bicyclic) bond motifs is 1. The maximum atomic E-state index is 11.7. The van der Waals surface area contributed by atoms with Crippen molar-refractivity contribution >= 4 is 11.6 Å². The fourth-order valence-electron chi connectivity index (χ4n) is 2.10. The van der Waals surface area contributed by atoms with Crippen LogP contribution in [0, 0.1) is 0 Å². The smallest absolute Gasteiger partial charge is 0.240 e. The van der Waals surface area contributed by atoms with Crippen LogP contribution in [0.1, 0.15) is 51.5 Å². The quantitative estimate of drug-likeness (QED) is 0.476. The highest BCUT2D eigenvalue weighted by atomic mass is 16.7. The van der Waals surface area contributed by atoms with Gasteiger partial charge in [-0.1, -0.05) is 26.2 Å². The van der Waals surface area contributed by atoms with Crippen LogP contribution < -0.4 is 14.9 Å². The number of hydrogen-bond acceptors (Lipinski definition) is 4. The van der Waals surface area contributed by atoms with Crippen LogP contribution >= 0.6 is 0 Å². The molecule has 5 nitrogen and oxygen atoms in total. The Hall–Kier alpha value is -2.04. The molecule has 0 radical (unpaired) electrons. The van der Waals surface area contributed by atoms with Gasteiger partial charge in [-0.05, 0) is 31.5 Å². The Bertz CT molecular complexity index is 526. The van der Waals surface area contributed by atoms with Gasteiger partial charge in [0.15, 0.2) is 11.5 Å². The average Bonchev–Trinajstić information content (AvgIpc) is 2.96. The molecule has 0 unspecified atom stereocenters. The zero-order valence-corrected chi connectivity index (χ0v) is 12.6. The van der Waals surface area contributed by atoms with Gasteiger partial charge >= 0.3 is 0 Å². The third-order valence-corrected chi connectivity index (χ3v) is 3.40. The maximum Gasteiger partial charge on any atom is 0.240 e. The van der Waals surface area contributed by atoms with Crippen molar-refractivity contribution in [3.63, 3.8) is 0 Å². The van der Waals surface area contributed by atoms with Crippen molar-refractivity contribution < 1.29 is 14.3 Å². The number of nitrogens with one attached hydrogen (secondary N) is 1. The third kappa shape index (κ3) is 4.48. The molecule has 0 atom stereocenters. The SMILES string of the molecule is CCCCCCC(=O)NN=C(C)c1ccc2c(c1)OCO2. The van der Waals surface area contributed by atoms with Crippen molar-refractivity contribution in [1.82, 2.24) is 5.43 Å². The van der Waals surface area contributed by atoms with E-state index in [0.29, 0.717) is 12.2 Å². The highest BCUT2D eigenvalue weighted by molar-refractivity contribution is 5.99. The number of hydrazone groups is 1. The summed E-state index contributed by atoms with van der Waals surface area (Å²) in [5, 5.41) is 4.14. The Morgan fingerprint density at radius 3 is 2.86 bits per heavy atom. The fraction of sp³-hybridized carbons (Fsp3) is 0.500. The first-order valence-corrected chi connectivity index (χ1v) is 7.44. The van der Waals surface area contributed by atoms with Crippen LogP contribution in [0.25, 0.3) is 0 Å². The summed E-state index contributed by atoms with van der Waals surface area (Å²) in [5.74, 6) is 1.42. The summed E-state index contributed by atoms with van der Waals surface area (Å²) in [5.41, 5.74) is 4.26. The van der Waals surface area contributed by atoms with E-state index in [0.717, 1.165) is 29.9 Å². The number of unbranched alkanes of at least 4 members (excludes halogenated alkanes) is 3. The van der Waals surface area contributed by atoms with Gasteiger partial charge < -0.3 is 9.47 Å². The number of nitrogens with zero attached hydrogens (tertiary/aromatic N) is 1. The summed E-state index contributed by atoms with van der Waals surface area (Å²) in [6.45, 7) is 4.26. The molecule has 0 saturated heterocycles. The van der Waals surface area contributed by atoms with E-state index in [1.54, 1.807) is 0 Å². The fourth-order valence-corrected chi connectivity index (χ4v) is 2.10. The Balaban J connectivity index is 1.84. The molecule has 114 valence electrons. The van der Waals surface area contributed by atoms with Crippen molar-refractivity contribution in [2.75, 3.05) is 6.79 Å². The van der Waals surface area contributed by atoms with Crippen molar-refractivity contribution in [2.24, 2.45) is 5.10 Å². The zero-order valence-electron chi connectivity index (χ0n) is 12.6. The van der Waals surface area contributed by atoms with Crippen LogP contribution in [-0.2, 0) is 4.79 Å². The van der Waals surface area contributed by atoms with Crippen LogP contribution in [0.2, 0.25) is 0 Å². The number of hydrogen-bond donors (Lipinski definition) is 1. The molecule has 1 aromatic rings. The van der Waals surface area contributed by atoms with E-state index in [9.17, 15) is 4.79 Å². The number of benzene rings is 1. The summed E-state index contributed by atoms with van der Waals surface area (Å²) in [4.78, 5) is 11.7. The molecule has 1 aromatic carbocycles. The second-order valence-corrected chi connectivity index (χ2v) is 5.11. The molecular weight excluding hydrogens is 268 g/mol. The minimum atomic E-state index is -0.0359. The molecule has 1 aliphatic rings. The van der Waals surface area contributed by atoms with Crippen molar-refractivity contribution in [3.8, 4) is 11.5 Å². The average molecular weight is 290 g/mol. The minimum absolute atomic E-state index is 0.0359. The summed E-state index contributed by atoms with van der Waals surface area (Å²) in [7, 11) is 0. The van der Waals surface area contributed by atoms with Gasteiger partial charge in [0.1, 0.15) is 0 Å². The molecule has 0 saturated carbocycles. The first-order valence-electron chi connectivity index (χ1n) is 7.44. The molecule has 1 N–H and O–H groups in total. The molecular formula is C16H22N2O3. The summed E-state index contributed by atoms with van der Waals surface area (Å²) in [6.07, 6.45) is 4.88. The number of rotatable bonds is 7. The van der Waals surface area contributed by atoms with Gasteiger partial charge in [0.05, 0.1) is 5.71 Å². The molecule has 0 aliphatic carbocycles. The van der Waals surface area contributed by atoms with Gasteiger partial charge in [0.25, 0.3) is 0 Å². The predicted molar refractivity (Wildman–Crippen MR) is 81.7 cm³/mol. The molecule has 0 fully saturated rings. The molecule has 1 aliphatic heterocycles. The largest absolute Gasteiger partial charge is 0.454 e. The van der Waals surface area contributed by atoms with Gasteiger partial charge in [-0.25, -0.2) is 5.43 Å². The summed E-state index contributed by atoms with van der Waals surface area (Å²) < 4.78 is 10.6. The summed E-state index contributed by atoms with van der Waals surface area (Å²) in [6, 6.07) is 5.62. The number of amides is 1. The molecule has 0 spiro atoms. The number of ether oxygens (including phenoxy) is 2. The second-order valence-electron chi connectivity index (χ2n) is 5.11. The molecule has 5 heteroatoms. The monoisotopic (exact) mass is 290 g/mol. The van der Waals surface area contributed by atoms with E-state index >= 15 is 0 Å². The van der Waals surface area contributed by atoms with Gasteiger partial charge in [-0.3, -0.25) is 4.79 Å². The number of carbonyl (C=O) groups is 1. The first kappa shape index (κ1) is 15.4. The molecule has 21 heavy (non-hydrogen) atoms. The van der Waals surface area contributed by atoms with Gasteiger partial charge in [0.2, 0.25) is 12.7 Å². The number of carbonyl (C=O) groups excluding carboxylic acids is 1. The summed E-state index contributed by atoms with van der Waals surface area (Å²) >= 11 is 0. The minimum Gasteiger partial charge on any atom is -0.454 e. The standard InChI is InChI=1S/C16H22N2O3/c1-3-4-5-6-7-16(19)18-17-12(2)13-8-9-14-15(10-13)21-11-20-14/h8-10H,3-7,11H2,1-2H3,(H,18,19). The van der Waals surface area contributed by atoms with E-state index in [1.165, 1.54) is 12.8 Å². The van der Waals surface area contributed by atoms with E-state index in [2.05, 4.69) is 17.5 Å². The Morgan fingerprint density at radius 1 is 1.24 bits per heavy atom. The van der Waals surface area contributed by atoms with Crippen LogP contribution in [-0.4, -0.2) is 18.4 Å². The zero-order chi connectivity index (χ0) is 15.1. The lowest BCUT2D eigenvalue weighted by Crippen LogP contribution is -2.18. The van der Waals surface area contributed by atoms with Gasteiger partial charge in [0, 0.05) is 12.0 Å². The van der Waals surface area contributed by atoms with Crippen LogP contribution in [0.4, 0.5) is 0 Å². The Labute approximate surface area is 125 Å². The first-order chi connectivity index (χ1) is 10.2. The highest BCUT2D eigenvalue weighted by Crippen LogP contribution is 2.32. The predicted octanol–water partition coefficient (Wildman–Crippen LogP) is 3.23. The maximum absolute atomic E-state index is 11.7. The Kier molecular flexibility index (Phi) is 5.60. The molecule has 0 aromatic heterocycles. The second kappa shape index (κ2) is 7.67. The molecule has 1 heterocycles. The van der Waals surface area contributed by atoms with Crippen molar-refractivity contribution in [2.45, 2.75) is 46.0 Å². The third-order valence-electron chi connectivity index (χ3n) is 3.40. The molecule has 1 amide bonds. The topological polar surface area (TPSA) is 59.9 Å². The molecule has 0 bridgehead atoms. The van der Waals surface area contributed by atoms with Crippen molar-refractivity contribution in [1.29, 1.82) is 0 Å². The molecule has 2 rings (SSSR count). The van der Waals surface area contributed by atoms with Crippen LogP contribution in [0.5, 0.6) is 11.5 Å². The highest BCUT2D eigenvalue weighted by Gasteiger charge is 2.14. The van der Waals surface area contributed by atoms with E-state index in [-0.39, 0.29) is 12.7 Å². The normalized spacial score (nSPS) is 13.3. The lowest BCUT2D eigenvalue weighted by atomic mass is 10.1. The lowest BCUT2D eigenvalue weighted by Gasteiger charge is -2.04.